The quantitative estimate of drug-likeness (QED) is 0.307. The number of rotatable bonds is 9. The Balaban J connectivity index is 1.53. The molecule has 4 aromatic rings. The van der Waals surface area contributed by atoms with Crippen molar-refractivity contribution in [3.8, 4) is 11.5 Å². The summed E-state index contributed by atoms with van der Waals surface area (Å²) in [5, 5.41) is 1.17. The van der Waals surface area contributed by atoms with Gasteiger partial charge in [0.1, 0.15) is 11.5 Å². The molecule has 0 N–H and O–H groups in total. The minimum Gasteiger partial charge on any atom is -0.497 e. The van der Waals surface area contributed by atoms with Gasteiger partial charge in [-0.15, -0.1) is 0 Å². The molecule has 37 heavy (non-hydrogen) atoms. The summed E-state index contributed by atoms with van der Waals surface area (Å²) in [5.41, 5.74) is 4.62. The molecule has 1 amide bonds. The number of morpholine rings is 1. The Hall–Kier alpha value is -3.77. The smallest absolute Gasteiger partial charge is 0.223 e. The molecule has 2 heterocycles. The Labute approximate surface area is 218 Å². The first-order valence-corrected chi connectivity index (χ1v) is 12.9. The fourth-order valence-electron chi connectivity index (χ4n) is 5.10. The average Bonchev–Trinajstić information content (AvgIpc) is 3.31. The first-order chi connectivity index (χ1) is 18.2. The van der Waals surface area contributed by atoms with Crippen molar-refractivity contribution < 1.29 is 19.0 Å². The van der Waals surface area contributed by atoms with Crippen LogP contribution in [0.3, 0.4) is 0 Å². The predicted octanol–water partition coefficient (Wildman–Crippen LogP) is 5.48. The second kappa shape index (κ2) is 11.5. The number of hydrogen-bond donors (Lipinski definition) is 0. The fraction of sp³-hybridized carbons (Fsp3) is 0.323. The molecule has 1 aliphatic rings. The third-order valence-electron chi connectivity index (χ3n) is 7.04. The maximum Gasteiger partial charge on any atom is 0.223 e. The zero-order valence-electron chi connectivity index (χ0n) is 21.6. The van der Waals surface area contributed by atoms with Crippen LogP contribution in [0.1, 0.15) is 36.0 Å². The molecule has 0 aliphatic carbocycles. The van der Waals surface area contributed by atoms with Gasteiger partial charge in [0.05, 0.1) is 26.9 Å². The van der Waals surface area contributed by atoms with E-state index in [0.717, 1.165) is 34.7 Å². The first-order valence-electron chi connectivity index (χ1n) is 12.9. The first kappa shape index (κ1) is 24.9. The lowest BCUT2D eigenvalue weighted by atomic mass is 9.87. The van der Waals surface area contributed by atoms with Gasteiger partial charge in [0, 0.05) is 49.1 Å². The highest BCUT2D eigenvalue weighted by atomic mass is 16.5. The number of benzene rings is 3. The Bertz CT molecular complexity index is 1320. The van der Waals surface area contributed by atoms with Gasteiger partial charge in [-0.1, -0.05) is 42.5 Å². The van der Waals surface area contributed by atoms with E-state index >= 15 is 0 Å². The molecule has 1 fully saturated rings. The van der Waals surface area contributed by atoms with Crippen LogP contribution in [0.2, 0.25) is 0 Å². The third-order valence-corrected chi connectivity index (χ3v) is 7.04. The third kappa shape index (κ3) is 5.65. The number of fused-ring (bicyclic) bond motifs is 1. The molecule has 192 valence electrons. The molecule has 0 bridgehead atoms. The lowest BCUT2D eigenvalue weighted by Crippen LogP contribution is -2.41. The van der Waals surface area contributed by atoms with Gasteiger partial charge in [0.15, 0.2) is 0 Å². The van der Waals surface area contributed by atoms with Crippen LogP contribution in [-0.4, -0.2) is 55.4 Å². The van der Waals surface area contributed by atoms with Crippen LogP contribution in [0.15, 0.2) is 79.0 Å². The van der Waals surface area contributed by atoms with Gasteiger partial charge in [0.25, 0.3) is 0 Å². The predicted molar refractivity (Wildman–Crippen MR) is 146 cm³/mol. The summed E-state index contributed by atoms with van der Waals surface area (Å²) in [6.07, 6.45) is 2.63. The highest BCUT2D eigenvalue weighted by molar-refractivity contribution is 5.87. The summed E-state index contributed by atoms with van der Waals surface area (Å²) in [6, 6.07) is 24.8. The van der Waals surface area contributed by atoms with E-state index in [2.05, 4.69) is 59.3 Å². The minimum atomic E-state index is -0.0759. The lowest BCUT2D eigenvalue weighted by Gasteiger charge is -2.28. The normalized spacial score (nSPS) is 14.5. The molecule has 0 saturated carbocycles. The van der Waals surface area contributed by atoms with E-state index in [4.69, 9.17) is 14.2 Å². The Kier molecular flexibility index (Phi) is 7.76. The van der Waals surface area contributed by atoms with E-state index in [1.165, 1.54) is 10.9 Å². The van der Waals surface area contributed by atoms with Crippen LogP contribution in [-0.2, 0) is 16.1 Å². The highest BCUT2D eigenvalue weighted by Crippen LogP contribution is 2.36. The average molecular weight is 499 g/mol. The number of para-hydroxylation sites is 1. The maximum atomic E-state index is 13.4. The zero-order chi connectivity index (χ0) is 25.6. The van der Waals surface area contributed by atoms with Crippen molar-refractivity contribution in [2.75, 3.05) is 40.0 Å². The molecule has 0 unspecified atom stereocenters. The molecule has 6 nitrogen and oxygen atoms in total. The number of carbonyl (C=O) groups is 1. The van der Waals surface area contributed by atoms with Gasteiger partial charge in [-0.2, -0.15) is 0 Å². The molecular weight excluding hydrogens is 464 g/mol. The van der Waals surface area contributed by atoms with Crippen molar-refractivity contribution in [2.45, 2.75) is 25.8 Å². The number of nitrogens with zero attached hydrogens (tertiary/aromatic N) is 2. The second-order valence-electron chi connectivity index (χ2n) is 9.33. The van der Waals surface area contributed by atoms with Crippen LogP contribution in [0.4, 0.5) is 0 Å². The van der Waals surface area contributed by atoms with Crippen molar-refractivity contribution in [3.05, 3.63) is 95.7 Å². The molecule has 1 aromatic heterocycles. The molecule has 0 radical (unpaired) electrons. The number of ether oxygens (including phenoxy) is 3. The molecular formula is C31H34N2O4. The zero-order valence-corrected chi connectivity index (χ0v) is 21.6. The largest absolute Gasteiger partial charge is 0.497 e. The summed E-state index contributed by atoms with van der Waals surface area (Å²) in [5.74, 6) is 1.77. The fourth-order valence-corrected chi connectivity index (χ4v) is 5.10. The molecule has 0 spiro atoms. The molecule has 1 saturated heterocycles. The summed E-state index contributed by atoms with van der Waals surface area (Å²) in [6.45, 7) is 5.83. The van der Waals surface area contributed by atoms with Crippen molar-refractivity contribution in [1.82, 2.24) is 9.47 Å². The van der Waals surface area contributed by atoms with Gasteiger partial charge < -0.3 is 23.7 Å². The van der Waals surface area contributed by atoms with Crippen molar-refractivity contribution in [3.63, 3.8) is 0 Å². The lowest BCUT2D eigenvalue weighted by molar-refractivity contribution is -0.135. The number of amides is 1. The van der Waals surface area contributed by atoms with E-state index in [9.17, 15) is 4.79 Å². The molecule has 3 aromatic carbocycles. The van der Waals surface area contributed by atoms with Gasteiger partial charge in [-0.3, -0.25) is 4.79 Å². The van der Waals surface area contributed by atoms with Crippen LogP contribution in [0, 0.1) is 0 Å². The summed E-state index contributed by atoms with van der Waals surface area (Å²) >= 11 is 0. The Morgan fingerprint density at radius 2 is 1.65 bits per heavy atom. The van der Waals surface area contributed by atoms with Gasteiger partial charge >= 0.3 is 0 Å². The number of aromatic nitrogens is 1. The van der Waals surface area contributed by atoms with Crippen molar-refractivity contribution >= 4 is 16.8 Å². The molecule has 5 rings (SSSR count). The summed E-state index contributed by atoms with van der Waals surface area (Å²) < 4.78 is 18.8. The van der Waals surface area contributed by atoms with Crippen LogP contribution >= 0.6 is 0 Å². The Morgan fingerprint density at radius 1 is 0.946 bits per heavy atom. The second-order valence-corrected chi connectivity index (χ2v) is 9.33. The Morgan fingerprint density at radius 3 is 2.35 bits per heavy atom. The SMILES string of the molecule is CCOc1ccc([C@@H](CC(=O)N2CCOCC2)c2cn(Cc3ccc(OC)cc3)c3ccccc23)cc1. The maximum absolute atomic E-state index is 13.4. The van der Waals surface area contributed by atoms with E-state index in [1.54, 1.807) is 7.11 Å². The van der Waals surface area contributed by atoms with Gasteiger partial charge in [-0.25, -0.2) is 0 Å². The van der Waals surface area contributed by atoms with Gasteiger partial charge in [-0.05, 0) is 53.9 Å². The van der Waals surface area contributed by atoms with Crippen molar-refractivity contribution in [2.24, 2.45) is 0 Å². The molecule has 1 atom stereocenters. The number of methoxy groups -OCH3 is 1. The number of hydrogen-bond acceptors (Lipinski definition) is 4. The summed E-state index contributed by atoms with van der Waals surface area (Å²) in [4.78, 5) is 15.4. The van der Waals surface area contributed by atoms with E-state index in [0.29, 0.717) is 39.3 Å². The standard InChI is InChI=1S/C31H34N2O4/c1-3-37-26-14-10-24(11-15-26)28(20-31(34)32-16-18-36-19-17-32)29-22-33(30-7-5-4-6-27(29)30)21-23-8-12-25(35-2)13-9-23/h4-15,22,28H,3,16-21H2,1-2H3/t28-/m1/s1. The summed E-state index contributed by atoms with van der Waals surface area (Å²) in [7, 11) is 1.68. The highest BCUT2D eigenvalue weighted by Gasteiger charge is 2.26. The van der Waals surface area contributed by atoms with Crippen LogP contribution in [0.25, 0.3) is 10.9 Å². The van der Waals surface area contributed by atoms with Crippen molar-refractivity contribution in [1.29, 1.82) is 0 Å². The van der Waals surface area contributed by atoms with E-state index < -0.39 is 0 Å². The molecule has 6 heteroatoms. The molecule has 1 aliphatic heterocycles. The number of carbonyl (C=O) groups excluding carboxylic acids is 1. The van der Waals surface area contributed by atoms with E-state index in [1.807, 2.05) is 36.1 Å². The minimum absolute atomic E-state index is 0.0759. The van der Waals surface area contributed by atoms with Gasteiger partial charge in [0.2, 0.25) is 5.91 Å². The van der Waals surface area contributed by atoms with Crippen LogP contribution in [0.5, 0.6) is 11.5 Å². The topological polar surface area (TPSA) is 52.9 Å². The van der Waals surface area contributed by atoms with Crippen LogP contribution < -0.4 is 9.47 Å². The monoisotopic (exact) mass is 498 g/mol. The van der Waals surface area contributed by atoms with E-state index in [-0.39, 0.29) is 11.8 Å².